The third-order valence-corrected chi connectivity index (χ3v) is 4.54. The second-order valence-corrected chi connectivity index (χ2v) is 6.37. The zero-order valence-corrected chi connectivity index (χ0v) is 14.7. The fourth-order valence-electron chi connectivity index (χ4n) is 3.09. The van der Waals surface area contributed by atoms with Gasteiger partial charge in [-0.1, -0.05) is 18.7 Å². The molecule has 0 bridgehead atoms. The summed E-state index contributed by atoms with van der Waals surface area (Å²) in [7, 11) is 0. The lowest BCUT2D eigenvalue weighted by atomic mass is 9.87. The average Bonchev–Trinajstić information content (AvgIpc) is 2.61. The van der Waals surface area contributed by atoms with Gasteiger partial charge in [0, 0.05) is 18.8 Å². The highest BCUT2D eigenvalue weighted by atomic mass is 32.1. The van der Waals surface area contributed by atoms with Gasteiger partial charge in [0.15, 0.2) is 5.11 Å². The molecule has 1 aromatic carbocycles. The van der Waals surface area contributed by atoms with Crippen LogP contribution in [0.3, 0.4) is 0 Å². The third kappa shape index (κ3) is 4.10. The first-order valence-electron chi connectivity index (χ1n) is 8.13. The Morgan fingerprint density at radius 2 is 1.96 bits per heavy atom. The monoisotopic (exact) mass is 383 g/mol. The van der Waals surface area contributed by atoms with Gasteiger partial charge in [-0.15, -0.1) is 0 Å². The number of morpholine rings is 1. The molecule has 2 atom stereocenters. The van der Waals surface area contributed by atoms with Gasteiger partial charge < -0.3 is 25.0 Å². The van der Waals surface area contributed by atoms with E-state index >= 15 is 0 Å². The Bertz CT molecular complexity index is 693. The number of benzene rings is 1. The lowest BCUT2D eigenvalue weighted by Gasteiger charge is -2.39. The first-order chi connectivity index (χ1) is 12.5. The standard InChI is InChI=1S/C17H19F2N3O3S/c1-10-13(15(23)22-6-8-24-9-7-22)14(21-17(26)20-10)11-2-4-12(5-3-11)25-16(18)19/h2-5,13-14,16H,1,6-9H2,(H2,20,21,26)/t13-,14+/m1/s1. The van der Waals surface area contributed by atoms with Crippen molar-refractivity contribution in [1.82, 2.24) is 15.5 Å². The van der Waals surface area contributed by atoms with Crippen LogP contribution in [-0.4, -0.2) is 48.8 Å². The van der Waals surface area contributed by atoms with Gasteiger partial charge in [0.2, 0.25) is 5.91 Å². The number of carbonyl (C=O) groups is 1. The average molecular weight is 383 g/mol. The largest absolute Gasteiger partial charge is 0.435 e. The van der Waals surface area contributed by atoms with Gasteiger partial charge in [0.25, 0.3) is 0 Å². The van der Waals surface area contributed by atoms with Crippen molar-refractivity contribution in [2.24, 2.45) is 5.92 Å². The Labute approximate surface area is 155 Å². The molecule has 26 heavy (non-hydrogen) atoms. The van der Waals surface area contributed by atoms with Gasteiger partial charge >= 0.3 is 6.61 Å². The molecule has 0 aromatic heterocycles. The number of hydrogen-bond donors (Lipinski definition) is 2. The van der Waals surface area contributed by atoms with E-state index in [9.17, 15) is 13.6 Å². The van der Waals surface area contributed by atoms with Crippen LogP contribution in [0.2, 0.25) is 0 Å². The number of halogens is 2. The lowest BCUT2D eigenvalue weighted by molar-refractivity contribution is -0.139. The molecule has 0 saturated carbocycles. The summed E-state index contributed by atoms with van der Waals surface area (Å²) in [6.45, 7) is 3.08. The van der Waals surface area contributed by atoms with Gasteiger partial charge in [-0.3, -0.25) is 4.79 Å². The first kappa shape index (κ1) is 18.5. The smallest absolute Gasteiger partial charge is 0.387 e. The lowest BCUT2D eigenvalue weighted by Crippen LogP contribution is -2.55. The molecule has 0 aliphatic carbocycles. The second kappa shape index (κ2) is 7.96. The van der Waals surface area contributed by atoms with E-state index in [1.165, 1.54) is 12.1 Å². The van der Waals surface area contributed by atoms with Crippen LogP contribution in [0, 0.1) is 5.92 Å². The van der Waals surface area contributed by atoms with Crippen LogP contribution in [0.15, 0.2) is 36.5 Å². The summed E-state index contributed by atoms with van der Waals surface area (Å²) < 4.78 is 34.3. The van der Waals surface area contributed by atoms with E-state index in [1.807, 2.05) is 0 Å². The summed E-state index contributed by atoms with van der Waals surface area (Å²) in [5, 5.41) is 6.36. The Morgan fingerprint density at radius 1 is 1.31 bits per heavy atom. The van der Waals surface area contributed by atoms with Crippen LogP contribution in [0.4, 0.5) is 8.78 Å². The van der Waals surface area contributed by atoms with Crippen LogP contribution in [0.25, 0.3) is 0 Å². The molecular formula is C17H19F2N3O3S. The Morgan fingerprint density at radius 3 is 2.58 bits per heavy atom. The van der Waals surface area contributed by atoms with Gasteiger partial charge in [-0.25, -0.2) is 0 Å². The summed E-state index contributed by atoms with van der Waals surface area (Å²) in [6, 6.07) is 5.69. The summed E-state index contributed by atoms with van der Waals surface area (Å²) in [5.41, 5.74) is 1.23. The summed E-state index contributed by atoms with van der Waals surface area (Å²) in [5.74, 6) is -0.615. The maximum absolute atomic E-state index is 13.0. The van der Waals surface area contributed by atoms with Gasteiger partial charge in [0.1, 0.15) is 11.7 Å². The highest BCUT2D eigenvalue weighted by Gasteiger charge is 2.39. The van der Waals surface area contributed by atoms with Crippen LogP contribution < -0.4 is 15.4 Å². The molecule has 2 aliphatic heterocycles. The molecule has 0 unspecified atom stereocenters. The third-order valence-electron chi connectivity index (χ3n) is 4.32. The number of nitrogens with zero attached hydrogens (tertiary/aromatic N) is 1. The summed E-state index contributed by atoms with van der Waals surface area (Å²) >= 11 is 5.19. The van der Waals surface area contributed by atoms with Crippen molar-refractivity contribution in [2.45, 2.75) is 12.7 Å². The molecule has 2 heterocycles. The molecule has 3 rings (SSSR count). The molecular weight excluding hydrogens is 364 g/mol. The van der Waals surface area contributed by atoms with Gasteiger partial charge in [-0.05, 0) is 29.9 Å². The summed E-state index contributed by atoms with van der Waals surface area (Å²) in [6.07, 6.45) is 0. The van der Waals surface area contributed by atoms with E-state index in [0.717, 1.165) is 5.56 Å². The molecule has 9 heteroatoms. The van der Waals surface area contributed by atoms with Crippen molar-refractivity contribution in [3.63, 3.8) is 0 Å². The van der Waals surface area contributed by atoms with E-state index in [1.54, 1.807) is 17.0 Å². The number of ether oxygens (including phenoxy) is 2. The number of hydrogen-bond acceptors (Lipinski definition) is 4. The Kier molecular flexibility index (Phi) is 5.67. The number of nitrogens with one attached hydrogen (secondary N) is 2. The fourth-order valence-corrected chi connectivity index (χ4v) is 3.35. The predicted octanol–water partition coefficient (Wildman–Crippen LogP) is 1.80. The minimum Gasteiger partial charge on any atom is -0.435 e. The number of amides is 1. The predicted molar refractivity (Wildman–Crippen MR) is 94.7 cm³/mol. The molecule has 0 spiro atoms. The van der Waals surface area contributed by atoms with Gasteiger partial charge in [0.05, 0.1) is 19.3 Å². The fraction of sp³-hybridized carbons (Fsp3) is 0.412. The maximum Gasteiger partial charge on any atom is 0.387 e. The van der Waals surface area contributed by atoms with E-state index in [2.05, 4.69) is 21.9 Å². The zero-order valence-electron chi connectivity index (χ0n) is 13.9. The molecule has 6 nitrogen and oxygen atoms in total. The topological polar surface area (TPSA) is 62.8 Å². The van der Waals surface area contributed by atoms with Crippen LogP contribution in [0.1, 0.15) is 11.6 Å². The molecule has 0 radical (unpaired) electrons. The molecule has 1 aromatic rings. The number of carbonyl (C=O) groups excluding carboxylic acids is 1. The van der Waals surface area contributed by atoms with Gasteiger partial charge in [-0.2, -0.15) is 8.78 Å². The number of rotatable bonds is 4. The minimum absolute atomic E-state index is 0.0511. The SMILES string of the molecule is C=C1NC(=S)N[C@@H](c2ccc(OC(F)F)cc2)[C@@H]1C(=O)N1CCOCC1. The first-order valence-corrected chi connectivity index (χ1v) is 8.54. The van der Waals surface area contributed by atoms with E-state index in [-0.39, 0.29) is 11.7 Å². The van der Waals surface area contributed by atoms with Crippen molar-refractivity contribution in [3.05, 3.63) is 42.1 Å². The van der Waals surface area contributed by atoms with E-state index < -0.39 is 18.6 Å². The molecule has 1 amide bonds. The van der Waals surface area contributed by atoms with Crippen molar-refractivity contribution in [1.29, 1.82) is 0 Å². The normalized spacial score (nSPS) is 23.4. The maximum atomic E-state index is 13.0. The summed E-state index contributed by atoms with van der Waals surface area (Å²) in [4.78, 5) is 14.8. The molecule has 2 aliphatic rings. The van der Waals surface area contributed by atoms with E-state index in [4.69, 9.17) is 17.0 Å². The highest BCUT2D eigenvalue weighted by molar-refractivity contribution is 7.80. The Balaban J connectivity index is 1.84. The van der Waals surface area contributed by atoms with Crippen molar-refractivity contribution in [3.8, 4) is 5.75 Å². The number of alkyl halides is 2. The zero-order chi connectivity index (χ0) is 18.7. The minimum atomic E-state index is -2.89. The quantitative estimate of drug-likeness (QED) is 0.773. The van der Waals surface area contributed by atoms with Crippen molar-refractivity contribution >= 4 is 23.2 Å². The van der Waals surface area contributed by atoms with Crippen LogP contribution in [0.5, 0.6) is 5.75 Å². The van der Waals surface area contributed by atoms with Crippen LogP contribution in [-0.2, 0) is 9.53 Å². The Hall–Kier alpha value is -2.26. The molecule has 2 saturated heterocycles. The second-order valence-electron chi connectivity index (χ2n) is 5.96. The highest BCUT2D eigenvalue weighted by Crippen LogP contribution is 2.32. The van der Waals surface area contributed by atoms with Crippen molar-refractivity contribution < 1.29 is 23.0 Å². The van der Waals surface area contributed by atoms with Crippen molar-refractivity contribution in [2.75, 3.05) is 26.3 Å². The molecule has 2 N–H and O–H groups in total. The molecule has 140 valence electrons. The van der Waals surface area contributed by atoms with E-state index in [0.29, 0.717) is 37.1 Å². The number of thiocarbonyl (C=S) groups is 1. The van der Waals surface area contributed by atoms with Crippen LogP contribution >= 0.6 is 12.2 Å². The molecule has 2 fully saturated rings.